The average Bonchev–Trinajstić information content (AvgIpc) is 2.57. The fraction of sp³-hybridized carbons (Fsp3) is 0.0556. The fourth-order valence-corrected chi connectivity index (χ4v) is 2.08. The monoisotopic (exact) mass is 321 g/mol. The minimum absolute atomic E-state index is 0.0243. The first-order valence-electron chi connectivity index (χ1n) is 7.29. The van der Waals surface area contributed by atoms with E-state index in [-0.39, 0.29) is 11.4 Å². The van der Waals surface area contributed by atoms with Gasteiger partial charge in [0, 0.05) is 17.6 Å². The molecule has 3 aromatic rings. The third kappa shape index (κ3) is 3.67. The Labute approximate surface area is 138 Å². The van der Waals surface area contributed by atoms with Gasteiger partial charge in [0.1, 0.15) is 17.1 Å². The first-order chi connectivity index (χ1) is 11.6. The summed E-state index contributed by atoms with van der Waals surface area (Å²) < 4.78 is 5.62. The van der Waals surface area contributed by atoms with E-state index in [1.807, 2.05) is 30.3 Å². The standard InChI is InChI=1S/C18H15N3O3/c1-12-5-10-15(18(22)23)17(20-12)24-14-8-6-13(7-9-14)21-16-4-2-3-11-19-16/h2-11H,1H3,(H,19,21)(H,22,23). The summed E-state index contributed by atoms with van der Waals surface area (Å²) in [6.45, 7) is 1.78. The number of nitrogens with zero attached hydrogens (tertiary/aromatic N) is 2. The van der Waals surface area contributed by atoms with Gasteiger partial charge in [-0.2, -0.15) is 0 Å². The molecule has 6 nitrogen and oxygen atoms in total. The van der Waals surface area contributed by atoms with Crippen LogP contribution in [0, 0.1) is 6.92 Å². The normalized spacial score (nSPS) is 10.2. The van der Waals surface area contributed by atoms with Crippen molar-refractivity contribution in [2.45, 2.75) is 6.92 Å². The smallest absolute Gasteiger partial charge is 0.341 e. The summed E-state index contributed by atoms with van der Waals surface area (Å²) >= 11 is 0. The first kappa shape index (κ1) is 15.5. The van der Waals surface area contributed by atoms with Crippen LogP contribution in [0.3, 0.4) is 0 Å². The lowest BCUT2D eigenvalue weighted by molar-refractivity contribution is 0.0693. The van der Waals surface area contributed by atoms with E-state index in [1.165, 1.54) is 6.07 Å². The number of carboxylic acids is 1. The number of benzene rings is 1. The third-order valence-corrected chi connectivity index (χ3v) is 3.24. The molecule has 6 heteroatoms. The van der Waals surface area contributed by atoms with Crippen LogP contribution in [0.1, 0.15) is 16.1 Å². The number of aromatic carboxylic acids is 1. The lowest BCUT2D eigenvalue weighted by Crippen LogP contribution is -2.02. The minimum atomic E-state index is -1.08. The number of nitrogens with one attached hydrogen (secondary N) is 1. The van der Waals surface area contributed by atoms with Gasteiger partial charge in [0.2, 0.25) is 5.88 Å². The Balaban J connectivity index is 1.77. The lowest BCUT2D eigenvalue weighted by Gasteiger charge is -2.10. The third-order valence-electron chi connectivity index (χ3n) is 3.24. The van der Waals surface area contributed by atoms with E-state index in [2.05, 4.69) is 15.3 Å². The highest BCUT2D eigenvalue weighted by Gasteiger charge is 2.13. The van der Waals surface area contributed by atoms with Crippen molar-refractivity contribution in [1.29, 1.82) is 0 Å². The molecule has 1 aromatic carbocycles. The number of ether oxygens (including phenoxy) is 1. The molecule has 0 bridgehead atoms. The maximum absolute atomic E-state index is 11.2. The maximum Gasteiger partial charge on any atom is 0.341 e. The molecular weight excluding hydrogens is 306 g/mol. The zero-order chi connectivity index (χ0) is 16.9. The van der Waals surface area contributed by atoms with Gasteiger partial charge in [-0.15, -0.1) is 0 Å². The Hall–Kier alpha value is -3.41. The summed E-state index contributed by atoms with van der Waals surface area (Å²) in [5, 5.41) is 12.4. The van der Waals surface area contributed by atoms with Gasteiger partial charge in [-0.3, -0.25) is 0 Å². The van der Waals surface area contributed by atoms with Crippen LogP contribution in [0.4, 0.5) is 11.5 Å². The van der Waals surface area contributed by atoms with Crippen LogP contribution in [-0.4, -0.2) is 21.0 Å². The van der Waals surface area contributed by atoms with Gasteiger partial charge >= 0.3 is 5.97 Å². The van der Waals surface area contributed by atoms with Gasteiger partial charge < -0.3 is 15.2 Å². The van der Waals surface area contributed by atoms with E-state index in [1.54, 1.807) is 31.3 Å². The molecule has 0 amide bonds. The Morgan fingerprint density at radius 3 is 2.54 bits per heavy atom. The molecule has 0 unspecified atom stereocenters. The van der Waals surface area contributed by atoms with Crippen molar-refractivity contribution in [1.82, 2.24) is 9.97 Å². The van der Waals surface area contributed by atoms with E-state index in [4.69, 9.17) is 4.74 Å². The number of aryl methyl sites for hydroxylation is 1. The number of hydrogen-bond acceptors (Lipinski definition) is 5. The predicted molar refractivity (Wildman–Crippen MR) is 90.0 cm³/mol. The van der Waals surface area contributed by atoms with E-state index >= 15 is 0 Å². The molecule has 0 spiro atoms. The maximum atomic E-state index is 11.2. The summed E-state index contributed by atoms with van der Waals surface area (Å²) in [6, 6.07) is 15.8. The van der Waals surface area contributed by atoms with Gasteiger partial charge in [0.05, 0.1) is 0 Å². The molecule has 0 atom stereocenters. The summed E-state index contributed by atoms with van der Waals surface area (Å²) in [5.74, 6) is 0.237. The van der Waals surface area contributed by atoms with E-state index in [9.17, 15) is 9.90 Å². The highest BCUT2D eigenvalue weighted by atomic mass is 16.5. The second-order valence-corrected chi connectivity index (χ2v) is 5.08. The average molecular weight is 321 g/mol. The Morgan fingerprint density at radius 1 is 1.08 bits per heavy atom. The quantitative estimate of drug-likeness (QED) is 0.738. The molecule has 0 fully saturated rings. The van der Waals surface area contributed by atoms with Crippen molar-refractivity contribution in [3.05, 3.63) is 72.1 Å². The van der Waals surface area contributed by atoms with Crippen molar-refractivity contribution in [2.75, 3.05) is 5.32 Å². The molecule has 2 heterocycles. The van der Waals surface area contributed by atoms with Gasteiger partial charge in [0.25, 0.3) is 0 Å². The van der Waals surface area contributed by atoms with Gasteiger partial charge in [0.15, 0.2) is 0 Å². The van der Waals surface area contributed by atoms with Crippen LogP contribution in [-0.2, 0) is 0 Å². The number of carbonyl (C=O) groups is 1. The number of hydrogen-bond donors (Lipinski definition) is 2. The number of anilines is 2. The molecule has 0 aliphatic heterocycles. The van der Waals surface area contributed by atoms with Crippen LogP contribution in [0.25, 0.3) is 0 Å². The molecule has 0 saturated carbocycles. The zero-order valence-corrected chi connectivity index (χ0v) is 12.9. The van der Waals surface area contributed by atoms with Gasteiger partial charge in [-0.25, -0.2) is 14.8 Å². The number of carboxylic acid groups (broad SMARTS) is 1. The summed E-state index contributed by atoms with van der Waals surface area (Å²) in [7, 11) is 0. The highest BCUT2D eigenvalue weighted by Crippen LogP contribution is 2.25. The first-order valence-corrected chi connectivity index (χ1v) is 7.29. The second-order valence-electron chi connectivity index (χ2n) is 5.08. The summed E-state index contributed by atoms with van der Waals surface area (Å²) in [6.07, 6.45) is 1.71. The molecule has 3 rings (SSSR count). The zero-order valence-electron chi connectivity index (χ0n) is 12.9. The van der Waals surface area contributed by atoms with E-state index < -0.39 is 5.97 Å². The molecule has 0 saturated heterocycles. The lowest BCUT2D eigenvalue weighted by atomic mass is 10.2. The fourth-order valence-electron chi connectivity index (χ4n) is 2.08. The minimum Gasteiger partial charge on any atom is -0.477 e. The summed E-state index contributed by atoms with van der Waals surface area (Å²) in [5.41, 5.74) is 1.55. The molecule has 0 aliphatic carbocycles. The Bertz CT molecular complexity index is 849. The molecule has 0 radical (unpaired) electrons. The molecule has 0 aliphatic rings. The van der Waals surface area contributed by atoms with Gasteiger partial charge in [-0.05, 0) is 55.5 Å². The van der Waals surface area contributed by atoms with Crippen molar-refractivity contribution in [2.24, 2.45) is 0 Å². The largest absolute Gasteiger partial charge is 0.477 e. The molecule has 120 valence electrons. The SMILES string of the molecule is Cc1ccc(C(=O)O)c(Oc2ccc(Nc3ccccn3)cc2)n1. The van der Waals surface area contributed by atoms with Crippen LogP contribution < -0.4 is 10.1 Å². The molecular formula is C18H15N3O3. The molecule has 2 aromatic heterocycles. The highest BCUT2D eigenvalue weighted by molar-refractivity contribution is 5.90. The van der Waals surface area contributed by atoms with Crippen molar-refractivity contribution in [3.63, 3.8) is 0 Å². The van der Waals surface area contributed by atoms with Crippen LogP contribution in [0.5, 0.6) is 11.6 Å². The van der Waals surface area contributed by atoms with Gasteiger partial charge in [-0.1, -0.05) is 6.07 Å². The van der Waals surface area contributed by atoms with E-state index in [0.29, 0.717) is 11.4 Å². The second kappa shape index (κ2) is 6.78. The Morgan fingerprint density at radius 2 is 1.88 bits per heavy atom. The number of pyridine rings is 2. The summed E-state index contributed by atoms with van der Waals surface area (Å²) in [4.78, 5) is 19.6. The Kier molecular flexibility index (Phi) is 4.38. The van der Waals surface area contributed by atoms with Crippen LogP contribution >= 0.6 is 0 Å². The van der Waals surface area contributed by atoms with Crippen molar-refractivity contribution < 1.29 is 14.6 Å². The number of aromatic nitrogens is 2. The van der Waals surface area contributed by atoms with E-state index in [0.717, 1.165) is 11.5 Å². The topological polar surface area (TPSA) is 84.3 Å². The van der Waals surface area contributed by atoms with Crippen LogP contribution in [0.15, 0.2) is 60.8 Å². The van der Waals surface area contributed by atoms with Crippen molar-refractivity contribution >= 4 is 17.5 Å². The van der Waals surface area contributed by atoms with Crippen molar-refractivity contribution in [3.8, 4) is 11.6 Å². The molecule has 24 heavy (non-hydrogen) atoms. The number of rotatable bonds is 5. The van der Waals surface area contributed by atoms with Crippen LogP contribution in [0.2, 0.25) is 0 Å². The predicted octanol–water partition coefficient (Wildman–Crippen LogP) is 4.02. The molecule has 2 N–H and O–H groups in total.